The van der Waals surface area contributed by atoms with E-state index < -0.39 is 5.97 Å². The second kappa shape index (κ2) is 8.26. The molecular weight excluding hydrogens is 372 g/mol. The first-order valence-corrected chi connectivity index (χ1v) is 12.7. The molecule has 3 saturated carbocycles. The summed E-state index contributed by atoms with van der Waals surface area (Å²) >= 11 is 0. The van der Waals surface area contributed by atoms with Crippen molar-refractivity contribution >= 4 is 5.97 Å². The molecule has 3 nitrogen and oxygen atoms in total. The largest absolute Gasteiger partial charge is 0.550 e. The Morgan fingerprint density at radius 3 is 2.53 bits per heavy atom. The minimum absolute atomic E-state index is 0.110. The molecule has 30 heavy (non-hydrogen) atoms. The van der Waals surface area contributed by atoms with Crippen LogP contribution in [0.4, 0.5) is 0 Å². The van der Waals surface area contributed by atoms with Crippen molar-refractivity contribution in [2.75, 3.05) is 0 Å². The van der Waals surface area contributed by atoms with E-state index >= 15 is 0 Å². The van der Waals surface area contributed by atoms with Crippen molar-refractivity contribution in [3.05, 3.63) is 11.6 Å². The summed E-state index contributed by atoms with van der Waals surface area (Å²) in [6.07, 6.45) is 14.1. The number of hydrogen-bond donors (Lipinski definition) is 1. The number of hydrogen-bond acceptors (Lipinski definition) is 3. The fourth-order valence-corrected chi connectivity index (χ4v) is 8.35. The lowest BCUT2D eigenvalue weighted by molar-refractivity contribution is -0.310. The minimum Gasteiger partial charge on any atom is -0.550 e. The number of carboxylic acids is 1. The van der Waals surface area contributed by atoms with E-state index in [-0.39, 0.29) is 17.4 Å². The molecule has 0 spiro atoms. The lowest BCUT2D eigenvalue weighted by Crippen LogP contribution is -2.53. The molecule has 0 aliphatic heterocycles. The van der Waals surface area contributed by atoms with Crippen LogP contribution in [-0.4, -0.2) is 17.2 Å². The van der Waals surface area contributed by atoms with Crippen LogP contribution in [0.15, 0.2) is 11.6 Å². The number of allylic oxidation sites excluding steroid dienone is 1. The van der Waals surface area contributed by atoms with Crippen LogP contribution in [0.1, 0.15) is 98.3 Å². The number of carbonyl (C=O) groups is 1. The second-order valence-corrected chi connectivity index (χ2v) is 12.2. The molecule has 0 unspecified atom stereocenters. The fourth-order valence-electron chi connectivity index (χ4n) is 8.35. The second-order valence-electron chi connectivity index (χ2n) is 12.2. The Hall–Kier alpha value is -0.830. The average molecular weight is 416 g/mol. The molecule has 0 saturated heterocycles. The molecule has 0 bridgehead atoms. The molecule has 3 heteroatoms. The summed E-state index contributed by atoms with van der Waals surface area (Å²) < 4.78 is 0. The number of rotatable bonds is 6. The van der Waals surface area contributed by atoms with Crippen LogP contribution in [0, 0.1) is 46.3 Å². The maximum atomic E-state index is 12.0. The highest BCUT2D eigenvalue weighted by atomic mass is 16.4. The lowest BCUT2D eigenvalue weighted by Gasteiger charge is -2.60. The molecule has 170 valence electrons. The number of aliphatic hydroxyl groups is 1. The van der Waals surface area contributed by atoms with Crippen molar-refractivity contribution < 1.29 is 15.0 Å². The van der Waals surface area contributed by atoms with Crippen LogP contribution in [0.25, 0.3) is 0 Å². The van der Waals surface area contributed by atoms with Gasteiger partial charge in [0, 0.05) is 11.9 Å². The number of carbonyl (C=O) groups excluding carboxylic acids is 1. The molecule has 0 amide bonds. The van der Waals surface area contributed by atoms with E-state index in [2.05, 4.69) is 33.8 Å². The Balaban J connectivity index is 1.50. The Morgan fingerprint density at radius 2 is 1.83 bits per heavy atom. The summed E-state index contributed by atoms with van der Waals surface area (Å²) in [6.45, 7) is 9.26. The molecule has 4 rings (SSSR count). The number of aliphatic carboxylic acids is 1. The average Bonchev–Trinajstić information content (AvgIpc) is 2.99. The first-order chi connectivity index (χ1) is 14.2. The van der Waals surface area contributed by atoms with Gasteiger partial charge in [0.05, 0.1) is 6.10 Å². The van der Waals surface area contributed by atoms with Crippen molar-refractivity contribution in [3.8, 4) is 0 Å². The van der Waals surface area contributed by atoms with Crippen molar-refractivity contribution in [2.24, 2.45) is 46.3 Å². The van der Waals surface area contributed by atoms with Gasteiger partial charge in [0.25, 0.3) is 0 Å². The van der Waals surface area contributed by atoms with E-state index in [1.165, 1.54) is 25.7 Å². The molecule has 4 aliphatic carbocycles. The van der Waals surface area contributed by atoms with Crippen LogP contribution in [0.5, 0.6) is 0 Å². The smallest absolute Gasteiger partial charge is 0.0596 e. The van der Waals surface area contributed by atoms with E-state index in [0.29, 0.717) is 23.2 Å². The van der Waals surface area contributed by atoms with Gasteiger partial charge in [-0.2, -0.15) is 0 Å². The van der Waals surface area contributed by atoms with Crippen molar-refractivity contribution in [3.63, 3.8) is 0 Å². The monoisotopic (exact) mass is 415 g/mol. The zero-order chi connectivity index (χ0) is 21.7. The van der Waals surface area contributed by atoms with Gasteiger partial charge >= 0.3 is 0 Å². The SMILES string of the molecule is CC(C)CCC[C@@H](C(=O)[O-])C1=CC[C@@]2(C)[C@H](CC[C@H]3[C@H]4CC[C@H](O)[C@]4(C)CC[C@@H]32)C1. The van der Waals surface area contributed by atoms with Crippen LogP contribution < -0.4 is 5.11 Å². The summed E-state index contributed by atoms with van der Waals surface area (Å²) in [4.78, 5) is 12.0. The van der Waals surface area contributed by atoms with Gasteiger partial charge in [0.2, 0.25) is 0 Å². The topological polar surface area (TPSA) is 60.4 Å². The van der Waals surface area contributed by atoms with Crippen LogP contribution in [-0.2, 0) is 4.79 Å². The van der Waals surface area contributed by atoms with Gasteiger partial charge in [0.1, 0.15) is 0 Å². The molecule has 1 N–H and O–H groups in total. The molecule has 4 aliphatic rings. The minimum atomic E-state index is -0.865. The van der Waals surface area contributed by atoms with Crippen LogP contribution in [0.3, 0.4) is 0 Å². The van der Waals surface area contributed by atoms with Gasteiger partial charge in [-0.3, -0.25) is 0 Å². The molecule has 0 radical (unpaired) electrons. The van der Waals surface area contributed by atoms with Gasteiger partial charge in [-0.1, -0.05) is 52.2 Å². The van der Waals surface area contributed by atoms with Crippen molar-refractivity contribution in [1.29, 1.82) is 0 Å². The first kappa shape index (κ1) is 22.4. The molecule has 0 aromatic rings. The summed E-state index contributed by atoms with van der Waals surface area (Å²) in [6, 6.07) is 0. The highest BCUT2D eigenvalue weighted by Gasteiger charge is 2.59. The molecule has 0 aromatic heterocycles. The van der Waals surface area contributed by atoms with E-state index in [1.54, 1.807) is 0 Å². The highest BCUT2D eigenvalue weighted by Crippen LogP contribution is 2.66. The van der Waals surface area contributed by atoms with Crippen molar-refractivity contribution in [2.45, 2.75) is 104 Å². The summed E-state index contributed by atoms with van der Waals surface area (Å²) in [5.41, 5.74) is 1.60. The molecule has 8 atom stereocenters. The van der Waals surface area contributed by atoms with E-state index in [0.717, 1.165) is 62.4 Å². The summed E-state index contributed by atoms with van der Waals surface area (Å²) in [5, 5.41) is 22.6. The maximum absolute atomic E-state index is 12.0. The maximum Gasteiger partial charge on any atom is 0.0596 e. The molecule has 0 aromatic carbocycles. The first-order valence-electron chi connectivity index (χ1n) is 12.7. The van der Waals surface area contributed by atoms with Gasteiger partial charge < -0.3 is 15.0 Å². The predicted octanol–water partition coefficient (Wildman–Crippen LogP) is 5.12. The zero-order valence-corrected chi connectivity index (χ0v) is 19.7. The predicted molar refractivity (Wildman–Crippen MR) is 118 cm³/mol. The van der Waals surface area contributed by atoms with Crippen LogP contribution in [0.2, 0.25) is 0 Å². The zero-order valence-electron chi connectivity index (χ0n) is 19.7. The third-order valence-electron chi connectivity index (χ3n) is 10.3. The molecular formula is C27H43O3-. The highest BCUT2D eigenvalue weighted by molar-refractivity contribution is 5.71. The standard InChI is InChI=1S/C27H44O3/c1-17(2)6-5-7-20(25(29)30)18-12-14-26(3)19(16-18)8-9-21-22-10-11-24(28)27(22,4)15-13-23(21)26/h12,17,19-24,28H,5-11,13-16H2,1-4H3,(H,29,30)/p-1/t19-,20-,21+,22-,23+,24+,26+,27-/m1/s1. The summed E-state index contributed by atoms with van der Waals surface area (Å²) in [7, 11) is 0. The van der Waals surface area contributed by atoms with Gasteiger partial charge in [0.15, 0.2) is 0 Å². The van der Waals surface area contributed by atoms with Gasteiger partial charge in [-0.05, 0) is 98.2 Å². The Kier molecular flexibility index (Phi) is 6.16. The molecule has 0 heterocycles. The van der Waals surface area contributed by atoms with E-state index in [9.17, 15) is 15.0 Å². The fraction of sp³-hybridized carbons (Fsp3) is 0.889. The van der Waals surface area contributed by atoms with E-state index in [1.807, 2.05) is 0 Å². The lowest BCUT2D eigenvalue weighted by atomic mass is 9.45. The molecule has 3 fully saturated rings. The Morgan fingerprint density at radius 1 is 1.10 bits per heavy atom. The number of fused-ring (bicyclic) bond motifs is 5. The van der Waals surface area contributed by atoms with Gasteiger partial charge in [-0.25, -0.2) is 0 Å². The third kappa shape index (κ3) is 3.67. The van der Waals surface area contributed by atoms with Crippen LogP contribution >= 0.6 is 0 Å². The Labute approximate surface area is 183 Å². The quantitative estimate of drug-likeness (QED) is 0.613. The normalized spacial score (nSPS) is 44.1. The van der Waals surface area contributed by atoms with Gasteiger partial charge in [-0.15, -0.1) is 0 Å². The number of carboxylic acid groups (broad SMARTS) is 1. The summed E-state index contributed by atoms with van der Waals surface area (Å²) in [5.74, 6) is 2.15. The third-order valence-corrected chi connectivity index (χ3v) is 10.3. The Bertz CT molecular complexity index is 682. The van der Waals surface area contributed by atoms with E-state index in [4.69, 9.17) is 0 Å². The van der Waals surface area contributed by atoms with Crippen molar-refractivity contribution in [1.82, 2.24) is 0 Å². The number of aliphatic hydroxyl groups excluding tert-OH is 1.